The Bertz CT molecular complexity index is 887. The molecule has 0 rings (SSSR count). The summed E-state index contributed by atoms with van der Waals surface area (Å²) in [5, 5.41) is 0. The van der Waals surface area contributed by atoms with E-state index in [-0.39, 0.29) is 31.1 Å². The van der Waals surface area contributed by atoms with Gasteiger partial charge in [0.05, 0.1) is 0 Å². The van der Waals surface area contributed by atoms with Gasteiger partial charge in [-0.25, -0.2) is 0 Å². The number of unbranched alkanes of at least 4 members (excludes halogenated alkanes) is 35. The van der Waals surface area contributed by atoms with Crippen LogP contribution in [0.3, 0.4) is 0 Å². The van der Waals surface area contributed by atoms with Crippen LogP contribution in [-0.4, -0.2) is 37.2 Å². The van der Waals surface area contributed by atoms with Gasteiger partial charge in [0.2, 0.25) is 0 Å². The highest BCUT2D eigenvalue weighted by Gasteiger charge is 2.19. The molecule has 0 heterocycles. The van der Waals surface area contributed by atoms with E-state index in [4.69, 9.17) is 14.2 Å². The molecule has 1 atom stereocenters. The van der Waals surface area contributed by atoms with E-state index in [0.29, 0.717) is 19.3 Å². The third kappa shape index (κ3) is 47.3. The first-order valence-corrected chi connectivity index (χ1v) is 26.4. The fourth-order valence-corrected chi connectivity index (χ4v) is 8.04. The fourth-order valence-electron chi connectivity index (χ4n) is 8.04. The van der Waals surface area contributed by atoms with Gasteiger partial charge in [0.15, 0.2) is 6.10 Å². The van der Waals surface area contributed by atoms with Crippen LogP contribution in [0.25, 0.3) is 0 Å². The molecule has 6 heteroatoms. The summed E-state index contributed by atoms with van der Waals surface area (Å²) in [7, 11) is 0. The van der Waals surface area contributed by atoms with Crippen LogP contribution in [0.2, 0.25) is 0 Å². The quantitative estimate of drug-likeness (QED) is 0.0345. The predicted molar refractivity (Wildman–Crippen MR) is 252 cm³/mol. The number of hydrogen-bond donors (Lipinski definition) is 0. The molecular weight excluding hydrogens is 733 g/mol. The maximum atomic E-state index is 12.8. The van der Waals surface area contributed by atoms with Gasteiger partial charge < -0.3 is 14.2 Å². The Morgan fingerprint density at radius 1 is 0.322 bits per heavy atom. The van der Waals surface area contributed by atoms with E-state index in [1.165, 1.54) is 193 Å². The molecule has 0 aromatic carbocycles. The van der Waals surface area contributed by atoms with Crippen LogP contribution in [0, 0.1) is 5.92 Å². The number of carbonyl (C=O) groups is 3. The Labute approximate surface area is 368 Å². The first-order valence-electron chi connectivity index (χ1n) is 26.4. The minimum Gasteiger partial charge on any atom is -0.462 e. The van der Waals surface area contributed by atoms with Crippen LogP contribution >= 0.6 is 0 Å². The van der Waals surface area contributed by atoms with Crippen LogP contribution < -0.4 is 0 Å². The minimum absolute atomic E-state index is 0.0625. The molecule has 0 N–H and O–H groups in total. The van der Waals surface area contributed by atoms with Crippen molar-refractivity contribution in [1.82, 2.24) is 0 Å². The zero-order chi connectivity index (χ0) is 43.1. The second-order valence-corrected chi connectivity index (χ2v) is 18.6. The van der Waals surface area contributed by atoms with Crippen LogP contribution in [0.5, 0.6) is 0 Å². The normalized spacial score (nSPS) is 11.9. The van der Waals surface area contributed by atoms with Crippen LogP contribution in [0.15, 0.2) is 0 Å². The smallest absolute Gasteiger partial charge is 0.306 e. The van der Waals surface area contributed by atoms with Crippen molar-refractivity contribution in [3.05, 3.63) is 0 Å². The van der Waals surface area contributed by atoms with Crippen molar-refractivity contribution in [3.8, 4) is 0 Å². The molecule has 0 radical (unpaired) electrons. The van der Waals surface area contributed by atoms with Crippen molar-refractivity contribution in [2.45, 2.75) is 303 Å². The highest BCUT2D eigenvalue weighted by molar-refractivity contribution is 5.71. The van der Waals surface area contributed by atoms with Crippen LogP contribution in [0.4, 0.5) is 0 Å². The third-order valence-electron chi connectivity index (χ3n) is 12.0. The highest BCUT2D eigenvalue weighted by Crippen LogP contribution is 2.17. The first kappa shape index (κ1) is 57.4. The largest absolute Gasteiger partial charge is 0.462 e. The Balaban J connectivity index is 4.30. The number of carbonyl (C=O) groups excluding carboxylic acids is 3. The maximum absolute atomic E-state index is 12.8. The summed E-state index contributed by atoms with van der Waals surface area (Å²) in [6.07, 6.45) is 49.4. The van der Waals surface area contributed by atoms with Crippen molar-refractivity contribution in [3.63, 3.8) is 0 Å². The van der Waals surface area contributed by atoms with E-state index in [2.05, 4.69) is 27.7 Å². The van der Waals surface area contributed by atoms with Crippen LogP contribution in [0.1, 0.15) is 297 Å². The number of rotatable bonds is 48. The van der Waals surface area contributed by atoms with Crippen LogP contribution in [-0.2, 0) is 28.6 Å². The molecule has 6 nitrogen and oxygen atoms in total. The standard InChI is InChI=1S/C53H102O6/c1-5-7-9-11-13-15-17-18-19-20-25-29-33-37-41-45-52(55)58-48-50(47-57-51(54)44-40-36-32-28-23-16-14-12-10-8-6-2)59-53(56)46-42-38-34-30-26-22-21-24-27-31-35-39-43-49(3)4/h49-50H,5-48H2,1-4H3/t50-/m1/s1. The van der Waals surface area contributed by atoms with Gasteiger partial charge in [-0.3, -0.25) is 14.4 Å². The SMILES string of the molecule is CCCCCCCCCCCCCCCCCC(=O)OC[C@@H](COC(=O)CCCCCCCCCCCCC)OC(=O)CCCCCCCCCCCCCCC(C)C. The lowest BCUT2D eigenvalue weighted by atomic mass is 10.0. The van der Waals surface area contributed by atoms with Gasteiger partial charge in [-0.15, -0.1) is 0 Å². The molecule has 0 aliphatic carbocycles. The molecule has 0 aromatic rings. The summed E-state index contributed by atoms with van der Waals surface area (Å²) >= 11 is 0. The van der Waals surface area contributed by atoms with Gasteiger partial charge in [-0.05, 0) is 25.2 Å². The van der Waals surface area contributed by atoms with Crippen molar-refractivity contribution in [1.29, 1.82) is 0 Å². The number of hydrogen-bond acceptors (Lipinski definition) is 6. The minimum atomic E-state index is -0.760. The predicted octanol–water partition coefficient (Wildman–Crippen LogP) is 17.1. The van der Waals surface area contributed by atoms with E-state index >= 15 is 0 Å². The molecule has 0 aromatic heterocycles. The molecular formula is C53H102O6. The van der Waals surface area contributed by atoms with E-state index < -0.39 is 6.10 Å². The highest BCUT2D eigenvalue weighted by atomic mass is 16.6. The van der Waals surface area contributed by atoms with E-state index in [0.717, 1.165) is 63.7 Å². The molecule has 0 fully saturated rings. The van der Waals surface area contributed by atoms with Crippen molar-refractivity contribution in [2.24, 2.45) is 5.92 Å². The molecule has 0 aliphatic rings. The Morgan fingerprint density at radius 2 is 0.559 bits per heavy atom. The van der Waals surface area contributed by atoms with Gasteiger partial charge in [-0.1, -0.05) is 259 Å². The molecule has 59 heavy (non-hydrogen) atoms. The molecule has 0 unspecified atom stereocenters. The lowest BCUT2D eigenvalue weighted by Crippen LogP contribution is -2.30. The average molecular weight is 835 g/mol. The molecule has 0 spiro atoms. The molecule has 350 valence electrons. The Morgan fingerprint density at radius 3 is 0.831 bits per heavy atom. The van der Waals surface area contributed by atoms with Gasteiger partial charge in [0.1, 0.15) is 13.2 Å². The summed E-state index contributed by atoms with van der Waals surface area (Å²) < 4.78 is 16.8. The van der Waals surface area contributed by atoms with Gasteiger partial charge in [0, 0.05) is 19.3 Å². The second-order valence-electron chi connectivity index (χ2n) is 18.6. The second kappa shape index (κ2) is 47.5. The molecule has 0 aliphatic heterocycles. The van der Waals surface area contributed by atoms with Gasteiger partial charge >= 0.3 is 17.9 Å². The maximum Gasteiger partial charge on any atom is 0.306 e. The lowest BCUT2D eigenvalue weighted by Gasteiger charge is -2.18. The average Bonchev–Trinajstić information content (AvgIpc) is 3.22. The van der Waals surface area contributed by atoms with Crippen molar-refractivity contribution < 1.29 is 28.6 Å². The Kier molecular flexibility index (Phi) is 46.2. The summed E-state index contributed by atoms with van der Waals surface area (Å²) in [6, 6.07) is 0. The number of ether oxygens (including phenoxy) is 3. The topological polar surface area (TPSA) is 78.9 Å². The zero-order valence-corrected chi connectivity index (χ0v) is 40.2. The molecule has 0 bridgehead atoms. The number of esters is 3. The van der Waals surface area contributed by atoms with Crippen molar-refractivity contribution >= 4 is 17.9 Å². The summed E-state index contributed by atoms with van der Waals surface area (Å²) in [5.74, 6) is -0.0109. The Hall–Kier alpha value is -1.59. The summed E-state index contributed by atoms with van der Waals surface area (Å²) in [4.78, 5) is 37.9. The molecule has 0 amide bonds. The fraction of sp³-hybridized carbons (Fsp3) is 0.943. The summed E-state index contributed by atoms with van der Waals surface area (Å²) in [5.41, 5.74) is 0. The van der Waals surface area contributed by atoms with E-state index in [1.807, 2.05) is 0 Å². The van der Waals surface area contributed by atoms with E-state index in [1.54, 1.807) is 0 Å². The summed E-state index contributed by atoms with van der Waals surface area (Å²) in [6.45, 7) is 9.03. The van der Waals surface area contributed by atoms with Gasteiger partial charge in [0.25, 0.3) is 0 Å². The zero-order valence-electron chi connectivity index (χ0n) is 40.2. The van der Waals surface area contributed by atoms with Gasteiger partial charge in [-0.2, -0.15) is 0 Å². The first-order chi connectivity index (χ1) is 28.9. The molecule has 0 saturated heterocycles. The van der Waals surface area contributed by atoms with E-state index in [9.17, 15) is 14.4 Å². The lowest BCUT2D eigenvalue weighted by molar-refractivity contribution is -0.167. The molecule has 0 saturated carbocycles. The third-order valence-corrected chi connectivity index (χ3v) is 12.0. The van der Waals surface area contributed by atoms with Crippen molar-refractivity contribution in [2.75, 3.05) is 13.2 Å². The monoisotopic (exact) mass is 835 g/mol.